The van der Waals surface area contributed by atoms with Crippen LogP contribution < -0.4 is 0 Å². The molecule has 1 atom stereocenters. The lowest BCUT2D eigenvalue weighted by atomic mass is 10.2. The summed E-state index contributed by atoms with van der Waals surface area (Å²) in [6, 6.07) is 1.92. The number of amides is 1. The molecule has 0 aliphatic carbocycles. The maximum atomic E-state index is 12.4. The van der Waals surface area contributed by atoms with Crippen molar-refractivity contribution in [2.45, 2.75) is 20.0 Å². The number of hydrogen-bond acceptors (Lipinski definition) is 5. The molecule has 1 fully saturated rings. The van der Waals surface area contributed by atoms with E-state index in [-0.39, 0.29) is 5.91 Å². The summed E-state index contributed by atoms with van der Waals surface area (Å²) in [6.07, 6.45) is -0.530. The van der Waals surface area contributed by atoms with Crippen molar-refractivity contribution < 1.29 is 14.6 Å². The molecular formula is C15H24N2O3S. The number of rotatable bonds is 5. The molecule has 1 unspecified atom stereocenters. The molecule has 1 N–H and O–H groups in total. The Morgan fingerprint density at radius 3 is 2.71 bits per heavy atom. The van der Waals surface area contributed by atoms with Crippen molar-refractivity contribution >= 4 is 17.2 Å². The van der Waals surface area contributed by atoms with Crippen molar-refractivity contribution in [1.29, 1.82) is 0 Å². The highest BCUT2D eigenvalue weighted by Crippen LogP contribution is 2.21. The van der Waals surface area contributed by atoms with Crippen molar-refractivity contribution in [3.63, 3.8) is 0 Å². The number of morpholine rings is 1. The highest BCUT2D eigenvalue weighted by molar-refractivity contribution is 7.12. The molecule has 0 spiro atoms. The molecule has 0 radical (unpaired) electrons. The number of aryl methyl sites for hydroxylation is 2. The number of nitrogens with zero attached hydrogens (tertiary/aromatic N) is 2. The monoisotopic (exact) mass is 312 g/mol. The molecule has 2 heterocycles. The lowest BCUT2D eigenvalue weighted by Gasteiger charge is -2.30. The van der Waals surface area contributed by atoms with E-state index in [1.807, 2.05) is 19.9 Å². The molecule has 0 aromatic carbocycles. The summed E-state index contributed by atoms with van der Waals surface area (Å²) in [7, 11) is 1.75. The van der Waals surface area contributed by atoms with Gasteiger partial charge in [-0.15, -0.1) is 11.3 Å². The maximum absolute atomic E-state index is 12.4. The third-order valence-corrected chi connectivity index (χ3v) is 4.64. The summed E-state index contributed by atoms with van der Waals surface area (Å²) in [4.78, 5) is 18.3. The van der Waals surface area contributed by atoms with Crippen molar-refractivity contribution in [2.24, 2.45) is 0 Å². The number of thiophene rings is 1. The Bertz CT molecular complexity index is 483. The van der Waals surface area contributed by atoms with Gasteiger partial charge in [0.05, 0.1) is 24.9 Å². The number of carbonyl (C=O) groups excluding carboxylic acids is 1. The minimum atomic E-state index is -0.530. The first-order valence-electron chi connectivity index (χ1n) is 7.28. The van der Waals surface area contributed by atoms with Crippen LogP contribution in [-0.4, -0.2) is 73.4 Å². The summed E-state index contributed by atoms with van der Waals surface area (Å²) in [6.45, 7) is 8.02. The van der Waals surface area contributed by atoms with E-state index in [0.29, 0.717) is 13.1 Å². The van der Waals surface area contributed by atoms with Gasteiger partial charge in [-0.2, -0.15) is 0 Å². The van der Waals surface area contributed by atoms with E-state index in [4.69, 9.17) is 4.74 Å². The first-order valence-corrected chi connectivity index (χ1v) is 8.09. The predicted molar refractivity (Wildman–Crippen MR) is 84.0 cm³/mol. The van der Waals surface area contributed by atoms with Crippen LogP contribution >= 0.6 is 11.3 Å². The van der Waals surface area contributed by atoms with Crippen molar-refractivity contribution in [1.82, 2.24) is 9.80 Å². The lowest BCUT2D eigenvalue weighted by molar-refractivity contribution is 0.00878. The van der Waals surface area contributed by atoms with Gasteiger partial charge in [-0.3, -0.25) is 9.69 Å². The Morgan fingerprint density at radius 2 is 2.14 bits per heavy atom. The Labute approximate surface area is 130 Å². The number of carbonyl (C=O) groups is 1. The molecule has 1 aliphatic rings. The molecule has 5 nitrogen and oxygen atoms in total. The van der Waals surface area contributed by atoms with Crippen LogP contribution in [0.4, 0.5) is 0 Å². The molecule has 1 aliphatic heterocycles. The van der Waals surface area contributed by atoms with Crippen LogP contribution in [0.25, 0.3) is 0 Å². The lowest BCUT2D eigenvalue weighted by Crippen LogP contribution is -2.45. The molecular weight excluding hydrogens is 288 g/mol. The van der Waals surface area contributed by atoms with Crippen LogP contribution in [0.2, 0.25) is 0 Å². The van der Waals surface area contributed by atoms with Gasteiger partial charge in [-0.05, 0) is 19.9 Å². The van der Waals surface area contributed by atoms with Crippen molar-refractivity contribution in [3.05, 3.63) is 21.4 Å². The van der Waals surface area contributed by atoms with Crippen LogP contribution in [0.15, 0.2) is 6.07 Å². The Balaban J connectivity index is 1.86. The van der Waals surface area contributed by atoms with Crippen LogP contribution in [-0.2, 0) is 4.74 Å². The second-order valence-corrected chi connectivity index (χ2v) is 7.04. The van der Waals surface area contributed by atoms with E-state index in [0.717, 1.165) is 41.6 Å². The number of hydrogen-bond donors (Lipinski definition) is 1. The van der Waals surface area contributed by atoms with Gasteiger partial charge in [0.15, 0.2) is 0 Å². The van der Waals surface area contributed by atoms with Crippen molar-refractivity contribution in [2.75, 3.05) is 46.4 Å². The third-order valence-electron chi connectivity index (χ3n) is 3.68. The molecule has 118 valence electrons. The van der Waals surface area contributed by atoms with Gasteiger partial charge in [0.2, 0.25) is 0 Å². The second-order valence-electron chi connectivity index (χ2n) is 5.58. The van der Waals surface area contributed by atoms with Gasteiger partial charge in [0.25, 0.3) is 5.91 Å². The fourth-order valence-corrected chi connectivity index (χ4v) is 3.50. The Hall–Kier alpha value is -0.950. The molecule has 21 heavy (non-hydrogen) atoms. The first-order chi connectivity index (χ1) is 9.97. The summed E-state index contributed by atoms with van der Waals surface area (Å²) < 4.78 is 5.29. The minimum Gasteiger partial charge on any atom is -0.390 e. The predicted octanol–water partition coefficient (Wildman–Crippen LogP) is 1.13. The first kappa shape index (κ1) is 16.4. The number of ether oxygens (including phenoxy) is 1. The molecule has 0 saturated carbocycles. The SMILES string of the molecule is Cc1cc(C(=O)N(C)CC(O)CN2CCOCC2)c(C)s1. The average Bonchev–Trinajstić information content (AvgIpc) is 2.77. The molecule has 0 bridgehead atoms. The molecule has 2 rings (SSSR count). The minimum absolute atomic E-state index is 0.0159. The van der Waals surface area contributed by atoms with E-state index >= 15 is 0 Å². The molecule has 1 amide bonds. The van der Waals surface area contributed by atoms with Gasteiger partial charge < -0.3 is 14.7 Å². The highest BCUT2D eigenvalue weighted by Gasteiger charge is 2.21. The zero-order valence-electron chi connectivity index (χ0n) is 13.0. The summed E-state index contributed by atoms with van der Waals surface area (Å²) in [5.74, 6) is -0.0159. The van der Waals surface area contributed by atoms with E-state index < -0.39 is 6.10 Å². The number of likely N-dealkylation sites (N-methyl/N-ethyl adjacent to an activating group) is 1. The summed E-state index contributed by atoms with van der Waals surface area (Å²) in [5, 5.41) is 10.2. The third kappa shape index (κ3) is 4.51. The highest BCUT2D eigenvalue weighted by atomic mass is 32.1. The maximum Gasteiger partial charge on any atom is 0.254 e. The quantitative estimate of drug-likeness (QED) is 0.885. The summed E-state index contributed by atoms with van der Waals surface area (Å²) >= 11 is 1.63. The standard InChI is InChI=1S/C15H24N2O3S/c1-11-8-14(12(2)21-11)15(19)16(3)9-13(18)10-17-4-6-20-7-5-17/h8,13,18H,4-7,9-10H2,1-3H3. The van der Waals surface area contributed by atoms with Crippen LogP contribution in [0.5, 0.6) is 0 Å². The van der Waals surface area contributed by atoms with E-state index in [1.165, 1.54) is 0 Å². The van der Waals surface area contributed by atoms with Gasteiger partial charge in [0.1, 0.15) is 0 Å². The van der Waals surface area contributed by atoms with Gasteiger partial charge in [0, 0.05) is 43.0 Å². The van der Waals surface area contributed by atoms with Gasteiger partial charge in [-0.25, -0.2) is 0 Å². The van der Waals surface area contributed by atoms with Crippen LogP contribution in [0.1, 0.15) is 20.1 Å². The van der Waals surface area contributed by atoms with E-state index in [9.17, 15) is 9.90 Å². The van der Waals surface area contributed by atoms with E-state index in [1.54, 1.807) is 23.3 Å². The largest absolute Gasteiger partial charge is 0.390 e. The van der Waals surface area contributed by atoms with E-state index in [2.05, 4.69) is 4.90 Å². The Kier molecular flexibility index (Phi) is 5.75. The normalized spacial score (nSPS) is 17.7. The number of aliphatic hydroxyl groups excluding tert-OH is 1. The second kappa shape index (κ2) is 7.35. The zero-order valence-corrected chi connectivity index (χ0v) is 13.8. The summed E-state index contributed by atoms with van der Waals surface area (Å²) in [5.41, 5.74) is 0.749. The molecule has 6 heteroatoms. The smallest absolute Gasteiger partial charge is 0.254 e. The molecule has 1 aromatic heterocycles. The Morgan fingerprint density at radius 1 is 1.48 bits per heavy atom. The van der Waals surface area contributed by atoms with Crippen LogP contribution in [0, 0.1) is 13.8 Å². The molecule has 1 aromatic rings. The number of aliphatic hydroxyl groups is 1. The van der Waals surface area contributed by atoms with Gasteiger partial charge >= 0.3 is 0 Å². The van der Waals surface area contributed by atoms with Crippen LogP contribution in [0.3, 0.4) is 0 Å². The van der Waals surface area contributed by atoms with Gasteiger partial charge in [-0.1, -0.05) is 0 Å². The average molecular weight is 312 g/mol. The van der Waals surface area contributed by atoms with Crippen molar-refractivity contribution in [3.8, 4) is 0 Å². The topological polar surface area (TPSA) is 53.0 Å². The number of β-amino-alcohol motifs (C(OH)–C–C–N with tert-alkyl or cyclic N) is 1. The zero-order chi connectivity index (χ0) is 15.4. The molecule has 1 saturated heterocycles. The fourth-order valence-electron chi connectivity index (χ4n) is 2.59. The fraction of sp³-hybridized carbons (Fsp3) is 0.667.